The summed E-state index contributed by atoms with van der Waals surface area (Å²) in [5.41, 5.74) is 0.806. The number of piperazine rings is 1. The number of sulfonamides is 1. The Labute approximate surface area is 190 Å². The van der Waals surface area contributed by atoms with Crippen LogP contribution < -0.4 is 10.6 Å². The minimum absolute atomic E-state index is 0.0254. The van der Waals surface area contributed by atoms with Crippen molar-refractivity contribution in [2.45, 2.75) is 23.8 Å². The van der Waals surface area contributed by atoms with Crippen LogP contribution in [0.5, 0.6) is 0 Å². The lowest BCUT2D eigenvalue weighted by molar-refractivity contribution is -0.117. The quantitative estimate of drug-likeness (QED) is 0.633. The molecule has 2 aromatic carbocycles. The molecule has 1 heterocycles. The first-order chi connectivity index (χ1) is 15.7. The summed E-state index contributed by atoms with van der Waals surface area (Å²) in [6.45, 7) is 0.821. The molecule has 0 spiro atoms. The summed E-state index contributed by atoms with van der Waals surface area (Å²) in [4.78, 5) is 26.4. The van der Waals surface area contributed by atoms with Gasteiger partial charge in [0.1, 0.15) is 0 Å². The average molecular weight is 479 g/mol. The smallest absolute Gasteiger partial charge is 0.253 e. The van der Waals surface area contributed by atoms with Gasteiger partial charge in [-0.3, -0.25) is 14.5 Å². The summed E-state index contributed by atoms with van der Waals surface area (Å²) in [5, 5.41) is 5.66. The molecule has 176 valence electrons. The van der Waals surface area contributed by atoms with E-state index >= 15 is 0 Å². The van der Waals surface area contributed by atoms with Crippen molar-refractivity contribution in [1.82, 2.24) is 14.5 Å². The predicted octanol–water partition coefficient (Wildman–Crippen LogP) is 1.80. The van der Waals surface area contributed by atoms with E-state index in [9.17, 15) is 26.8 Å². The van der Waals surface area contributed by atoms with Gasteiger partial charge in [0, 0.05) is 32.2 Å². The van der Waals surface area contributed by atoms with Gasteiger partial charge in [-0.2, -0.15) is 4.31 Å². The topological polar surface area (TPSA) is 98.8 Å². The van der Waals surface area contributed by atoms with Gasteiger partial charge in [0.2, 0.25) is 15.9 Å². The summed E-state index contributed by atoms with van der Waals surface area (Å²) in [7, 11) is -3.97. The van der Waals surface area contributed by atoms with E-state index in [1.54, 1.807) is 29.2 Å². The standard InChI is InChI=1S/C22H24F2N4O4S/c23-18-8-7-16(13-19(18)24)33(31,32)28-11-9-27(10-12-28)14-21(29)26-20-4-2-1-3-17(20)22(30)25-15-5-6-15/h1-4,7-8,13,15H,5-6,9-12,14H2,(H,25,30)(H,26,29). The first-order valence-electron chi connectivity index (χ1n) is 10.6. The number of hydrogen-bond donors (Lipinski definition) is 2. The highest BCUT2D eigenvalue weighted by Crippen LogP contribution is 2.22. The molecule has 0 aromatic heterocycles. The van der Waals surface area contributed by atoms with Crippen molar-refractivity contribution in [3.05, 3.63) is 59.7 Å². The number of carbonyl (C=O) groups excluding carboxylic acids is 2. The highest BCUT2D eigenvalue weighted by Gasteiger charge is 2.30. The zero-order valence-corrected chi connectivity index (χ0v) is 18.6. The van der Waals surface area contributed by atoms with Crippen molar-refractivity contribution in [3.8, 4) is 0 Å². The SMILES string of the molecule is O=C(CN1CCN(S(=O)(=O)c2ccc(F)c(F)c2)CC1)Nc1ccccc1C(=O)NC1CC1. The van der Waals surface area contributed by atoms with Crippen molar-refractivity contribution >= 4 is 27.5 Å². The molecular formula is C22H24F2N4O4S. The molecule has 4 rings (SSSR count). The number of nitrogens with one attached hydrogen (secondary N) is 2. The molecule has 1 aliphatic heterocycles. The molecule has 8 nitrogen and oxygen atoms in total. The molecule has 2 N–H and O–H groups in total. The maximum Gasteiger partial charge on any atom is 0.253 e. The normalized spacial score (nSPS) is 17.5. The lowest BCUT2D eigenvalue weighted by atomic mass is 10.1. The molecule has 2 aromatic rings. The van der Waals surface area contributed by atoms with Crippen LogP contribution in [-0.2, 0) is 14.8 Å². The lowest BCUT2D eigenvalue weighted by Gasteiger charge is -2.33. The van der Waals surface area contributed by atoms with Crippen molar-refractivity contribution < 1.29 is 26.8 Å². The van der Waals surface area contributed by atoms with Crippen LogP contribution >= 0.6 is 0 Å². The Morgan fingerprint density at radius 1 is 0.970 bits per heavy atom. The highest BCUT2D eigenvalue weighted by molar-refractivity contribution is 7.89. The summed E-state index contributed by atoms with van der Waals surface area (Å²) < 4.78 is 53.2. The number of carbonyl (C=O) groups is 2. The molecule has 2 fully saturated rings. The Morgan fingerprint density at radius 3 is 2.33 bits per heavy atom. The number of anilines is 1. The molecule has 0 radical (unpaired) electrons. The molecule has 0 bridgehead atoms. The number of amides is 2. The Morgan fingerprint density at radius 2 is 1.67 bits per heavy atom. The van der Waals surface area contributed by atoms with Gasteiger partial charge >= 0.3 is 0 Å². The summed E-state index contributed by atoms with van der Waals surface area (Å²) >= 11 is 0. The van der Waals surface area contributed by atoms with Gasteiger partial charge in [-0.05, 0) is 43.2 Å². The van der Waals surface area contributed by atoms with E-state index in [0.717, 1.165) is 25.0 Å². The molecule has 0 unspecified atom stereocenters. The zero-order valence-electron chi connectivity index (χ0n) is 17.8. The van der Waals surface area contributed by atoms with Crippen molar-refractivity contribution in [1.29, 1.82) is 0 Å². The Kier molecular flexibility index (Phi) is 6.73. The minimum atomic E-state index is -3.97. The van der Waals surface area contributed by atoms with Gasteiger partial charge in [0.25, 0.3) is 5.91 Å². The van der Waals surface area contributed by atoms with Crippen LogP contribution in [0.4, 0.5) is 14.5 Å². The van der Waals surface area contributed by atoms with Crippen molar-refractivity contribution in [2.24, 2.45) is 0 Å². The largest absolute Gasteiger partial charge is 0.349 e. The molecule has 1 saturated heterocycles. The number of para-hydroxylation sites is 1. The van der Waals surface area contributed by atoms with Crippen LogP contribution in [0.15, 0.2) is 47.4 Å². The summed E-state index contributed by atoms with van der Waals surface area (Å²) in [6, 6.07) is 9.44. The van der Waals surface area contributed by atoms with E-state index in [1.807, 2.05) is 0 Å². The maximum atomic E-state index is 13.5. The second-order valence-corrected chi connectivity index (χ2v) is 10.0. The first kappa shape index (κ1) is 23.3. The van der Waals surface area contributed by atoms with E-state index in [4.69, 9.17) is 0 Å². The minimum Gasteiger partial charge on any atom is -0.349 e. The molecule has 1 aliphatic carbocycles. The lowest BCUT2D eigenvalue weighted by Crippen LogP contribution is -2.50. The Bertz CT molecular complexity index is 1160. The third kappa shape index (κ3) is 5.55. The molecule has 0 atom stereocenters. The van der Waals surface area contributed by atoms with Crippen molar-refractivity contribution in [2.75, 3.05) is 38.0 Å². The molecule has 2 aliphatic rings. The highest BCUT2D eigenvalue weighted by atomic mass is 32.2. The van der Waals surface area contributed by atoms with Gasteiger partial charge < -0.3 is 10.6 Å². The Hall–Kier alpha value is -2.89. The van der Waals surface area contributed by atoms with E-state index in [-0.39, 0.29) is 42.4 Å². The number of benzene rings is 2. The molecule has 33 heavy (non-hydrogen) atoms. The fourth-order valence-corrected chi connectivity index (χ4v) is 5.02. The van der Waals surface area contributed by atoms with Crippen LogP contribution in [0.1, 0.15) is 23.2 Å². The van der Waals surface area contributed by atoms with Gasteiger partial charge in [-0.1, -0.05) is 12.1 Å². The average Bonchev–Trinajstić information content (AvgIpc) is 3.60. The summed E-state index contributed by atoms with van der Waals surface area (Å²) in [5.74, 6) is -2.89. The van der Waals surface area contributed by atoms with Gasteiger partial charge in [0.15, 0.2) is 11.6 Å². The van der Waals surface area contributed by atoms with E-state index in [1.165, 1.54) is 4.31 Å². The van der Waals surface area contributed by atoms with Crippen molar-refractivity contribution in [3.63, 3.8) is 0 Å². The molecule has 2 amide bonds. The number of halogens is 2. The predicted molar refractivity (Wildman–Crippen MR) is 117 cm³/mol. The molecule has 11 heteroatoms. The molecular weight excluding hydrogens is 454 g/mol. The second kappa shape index (κ2) is 9.54. The fraction of sp³-hybridized carbons (Fsp3) is 0.364. The third-order valence-electron chi connectivity index (χ3n) is 5.59. The van der Waals surface area contributed by atoms with Crippen LogP contribution in [0, 0.1) is 11.6 Å². The van der Waals surface area contributed by atoms with Gasteiger partial charge in [-0.25, -0.2) is 17.2 Å². The first-order valence-corrected chi connectivity index (χ1v) is 12.1. The van der Waals surface area contributed by atoms with Crippen LogP contribution in [0.3, 0.4) is 0 Å². The Balaban J connectivity index is 1.32. The second-order valence-electron chi connectivity index (χ2n) is 8.10. The number of hydrogen-bond acceptors (Lipinski definition) is 5. The van der Waals surface area contributed by atoms with Crippen LogP contribution in [-0.4, -0.2) is 68.2 Å². The monoisotopic (exact) mass is 478 g/mol. The fourth-order valence-electron chi connectivity index (χ4n) is 3.59. The summed E-state index contributed by atoms with van der Waals surface area (Å²) in [6.07, 6.45) is 1.91. The van der Waals surface area contributed by atoms with E-state index in [2.05, 4.69) is 10.6 Å². The molecule has 1 saturated carbocycles. The van der Waals surface area contributed by atoms with E-state index in [0.29, 0.717) is 30.4 Å². The zero-order chi connectivity index (χ0) is 23.6. The van der Waals surface area contributed by atoms with Gasteiger partial charge in [-0.15, -0.1) is 0 Å². The third-order valence-corrected chi connectivity index (χ3v) is 7.48. The van der Waals surface area contributed by atoms with Gasteiger partial charge in [0.05, 0.1) is 22.7 Å². The number of rotatable bonds is 7. The van der Waals surface area contributed by atoms with Crippen LogP contribution in [0.25, 0.3) is 0 Å². The number of nitrogens with zero attached hydrogens (tertiary/aromatic N) is 2. The van der Waals surface area contributed by atoms with Crippen LogP contribution in [0.2, 0.25) is 0 Å². The van der Waals surface area contributed by atoms with E-state index < -0.39 is 21.7 Å². The maximum absolute atomic E-state index is 13.5.